The van der Waals surface area contributed by atoms with Crippen molar-refractivity contribution in [3.63, 3.8) is 0 Å². The lowest BCUT2D eigenvalue weighted by Gasteiger charge is -2.02. The number of rotatable bonds is 9. The van der Waals surface area contributed by atoms with Gasteiger partial charge in [-0.1, -0.05) is 122 Å². The Bertz CT molecular complexity index is 2570. The summed E-state index contributed by atoms with van der Waals surface area (Å²) in [7, 11) is 3.04. The summed E-state index contributed by atoms with van der Waals surface area (Å²) in [4.78, 5) is 49.6. The molecule has 394 valence electrons. The number of aromatic carboxylic acids is 1. The molecule has 0 saturated heterocycles. The van der Waals surface area contributed by atoms with E-state index in [-0.39, 0.29) is 90.8 Å². The predicted molar refractivity (Wildman–Crippen MR) is 262 cm³/mol. The number of carboxylic acid groups (broad SMARTS) is 2. The van der Waals surface area contributed by atoms with E-state index in [9.17, 15) is 31.5 Å². The molecular formula is C49H59ClF5N5O12. The number of halogens is 6. The van der Waals surface area contributed by atoms with Crippen molar-refractivity contribution in [1.82, 2.24) is 15.2 Å². The lowest BCUT2D eigenvalue weighted by atomic mass is 10.1. The molecule has 0 aliphatic carbocycles. The quantitative estimate of drug-likeness (QED) is 0.0345. The Kier molecular flexibility index (Phi) is 42.6. The molecule has 17 nitrogen and oxygen atoms in total. The number of carboxylic acids is 2. The van der Waals surface area contributed by atoms with Gasteiger partial charge in [0.2, 0.25) is 0 Å². The van der Waals surface area contributed by atoms with E-state index in [4.69, 9.17) is 57.2 Å². The molecule has 0 amide bonds. The van der Waals surface area contributed by atoms with Crippen LogP contribution in [0.2, 0.25) is 0 Å². The zero-order valence-electron chi connectivity index (χ0n) is 38.3. The normalized spacial score (nSPS) is 9.49. The predicted octanol–water partition coefficient (Wildman–Crippen LogP) is 12.1. The lowest BCUT2D eigenvalue weighted by molar-refractivity contribution is -0.191. The average Bonchev–Trinajstić information content (AvgIpc) is 4.03. The van der Waals surface area contributed by atoms with Gasteiger partial charge in [-0.2, -0.15) is 9.59 Å². The van der Waals surface area contributed by atoms with Crippen LogP contribution in [0.5, 0.6) is 0 Å². The Balaban J connectivity index is -0.000000255. The van der Waals surface area contributed by atoms with Crippen molar-refractivity contribution in [3.05, 3.63) is 167 Å². The van der Waals surface area contributed by atoms with Crippen LogP contribution in [-0.2, 0) is 19.1 Å². The van der Waals surface area contributed by atoms with Crippen LogP contribution in [0.3, 0.4) is 0 Å². The molecule has 0 spiro atoms. The van der Waals surface area contributed by atoms with Crippen LogP contribution < -0.4 is 0 Å². The van der Waals surface area contributed by atoms with Gasteiger partial charge in [-0.05, 0) is 62.0 Å². The second-order valence-electron chi connectivity index (χ2n) is 12.1. The van der Waals surface area contributed by atoms with Crippen molar-refractivity contribution in [2.45, 2.75) is 49.5 Å². The fraction of sp³-hybridized carbons (Fsp3) is 0.224. The molecule has 0 bridgehead atoms. The number of aromatic nitrogens is 2. The van der Waals surface area contributed by atoms with Crippen molar-refractivity contribution >= 4 is 47.0 Å². The third-order valence-corrected chi connectivity index (χ3v) is 7.33. The minimum Gasteiger partial charge on any atom is -0.481 e. The maximum Gasteiger partial charge on any atom is 0.373 e. The number of nitrogens with zero attached hydrogens (tertiary/aromatic N) is 5. The summed E-state index contributed by atoms with van der Waals surface area (Å²) in [6.07, 6.45) is 8.73. The highest BCUT2D eigenvalue weighted by Gasteiger charge is 2.21. The molecule has 0 unspecified atom stereocenters. The summed E-state index contributed by atoms with van der Waals surface area (Å²) < 4.78 is 81.7. The zero-order valence-corrected chi connectivity index (χ0v) is 38.1. The van der Waals surface area contributed by atoms with Crippen LogP contribution in [0.15, 0.2) is 141 Å². The number of aliphatic carboxylic acids is 1. The number of benzene rings is 4. The Morgan fingerprint density at radius 3 is 1.51 bits per heavy atom. The molecule has 0 radical (unpaired) electrons. The van der Waals surface area contributed by atoms with Gasteiger partial charge in [-0.25, -0.2) is 27.2 Å². The van der Waals surface area contributed by atoms with E-state index in [1.54, 1.807) is 43.3 Å². The van der Waals surface area contributed by atoms with E-state index in [1.807, 2.05) is 19.0 Å². The lowest BCUT2D eigenvalue weighted by Crippen LogP contribution is -2.05. The van der Waals surface area contributed by atoms with Crippen LogP contribution in [0.25, 0.3) is 22.5 Å². The molecule has 0 saturated carbocycles. The first-order valence-electron chi connectivity index (χ1n) is 19.8. The topological polar surface area (TPSA) is 256 Å². The Morgan fingerprint density at radius 1 is 0.750 bits per heavy atom. The van der Waals surface area contributed by atoms with Gasteiger partial charge in [0.05, 0.1) is 26.9 Å². The summed E-state index contributed by atoms with van der Waals surface area (Å²) in [5.74, 6) is -4.50. The van der Waals surface area contributed by atoms with Gasteiger partial charge in [0, 0.05) is 37.7 Å². The first kappa shape index (κ1) is 70.1. The van der Waals surface area contributed by atoms with E-state index < -0.39 is 42.5 Å². The second kappa shape index (κ2) is 43.8. The van der Waals surface area contributed by atoms with Gasteiger partial charge in [-0.15, -0.1) is 0 Å². The standard InChI is InChI=1S/C12H10FNO3.C10H6FNO3.C7H5ClFNO.C7H6FNO.C6H13N.C2H4O2.CH3F.CO2.3CH4/c1-2-16-12(15)9-7-17-14-11(9)8-5-3-4-6-10(8)13;11-8-4-2-1-3-6(8)9-7(10(13)14)5-15-12-9;8-7(10-11)5-3-1-2-4-6(5)9;8-7-4-2-1-3-6(7)5-9-10;1-4-5-6-7(2)3;1-2(3)4;1-2;2-1-3;;;/h3-7H,2H2,1H3;1-5H,(H,13,14);1-4,11H;1-5,10H;5-6H,4H2,1-3H3;1H3,(H,3,4);1H3;;3*1H4/b;;10-7-;9-5+;;;;;;;/i;;;;;;1D;;;;. The highest BCUT2D eigenvalue weighted by atomic mass is 35.5. The molecular weight excluding hydrogens is 981 g/mol. The minimum atomic E-state index is -1.20. The average molecular weight is 1040 g/mol. The van der Waals surface area contributed by atoms with Crippen molar-refractivity contribution in [1.29, 1.82) is 0 Å². The van der Waals surface area contributed by atoms with Crippen molar-refractivity contribution in [2.75, 3.05) is 27.9 Å². The smallest absolute Gasteiger partial charge is 0.373 e. The van der Waals surface area contributed by atoms with Crippen molar-refractivity contribution in [3.8, 4) is 22.5 Å². The third kappa shape index (κ3) is 29.4. The molecule has 0 aliphatic heterocycles. The number of alkyl halides is 1. The van der Waals surface area contributed by atoms with Gasteiger partial charge in [-0.3, -0.25) is 9.18 Å². The van der Waals surface area contributed by atoms with E-state index in [0.717, 1.165) is 32.1 Å². The first-order valence-corrected chi connectivity index (χ1v) is 19.5. The van der Waals surface area contributed by atoms with E-state index in [1.165, 1.54) is 60.7 Å². The maximum atomic E-state index is 13.5. The summed E-state index contributed by atoms with van der Waals surface area (Å²) in [6.45, 7) is 5.13. The largest absolute Gasteiger partial charge is 0.481 e. The molecule has 0 atom stereocenters. The molecule has 0 aliphatic rings. The molecule has 2 heterocycles. The molecule has 2 aromatic heterocycles. The Labute approximate surface area is 420 Å². The number of esters is 1. The third-order valence-electron chi connectivity index (χ3n) is 7.05. The van der Waals surface area contributed by atoms with Crippen LogP contribution in [0, 0.1) is 23.3 Å². The number of hydrogen-bond donors (Lipinski definition) is 4. The number of oxime groups is 2. The summed E-state index contributed by atoms with van der Waals surface area (Å²) >= 11 is 5.36. The van der Waals surface area contributed by atoms with Crippen molar-refractivity contribution in [2.24, 2.45) is 10.3 Å². The van der Waals surface area contributed by atoms with E-state index >= 15 is 0 Å². The molecule has 4 aromatic carbocycles. The Morgan fingerprint density at radius 2 is 1.15 bits per heavy atom. The Hall–Kier alpha value is -8.49. The molecule has 23 heteroatoms. The number of carbonyl (C=O) groups excluding carboxylic acids is 3. The molecule has 6 rings (SSSR count). The van der Waals surface area contributed by atoms with Crippen LogP contribution in [0.4, 0.5) is 22.0 Å². The highest BCUT2D eigenvalue weighted by molar-refractivity contribution is 6.69. The minimum absolute atomic E-state index is 0. The van der Waals surface area contributed by atoms with Gasteiger partial charge in [0.25, 0.3) is 5.97 Å². The molecule has 72 heavy (non-hydrogen) atoms. The molecule has 6 aromatic rings. The van der Waals surface area contributed by atoms with Gasteiger partial charge < -0.3 is 39.3 Å². The maximum absolute atomic E-state index is 13.5. The van der Waals surface area contributed by atoms with Crippen LogP contribution in [0.1, 0.15) is 82.7 Å². The van der Waals surface area contributed by atoms with E-state index in [2.05, 4.69) is 44.3 Å². The monoisotopic (exact) mass is 1040 g/mol. The summed E-state index contributed by atoms with van der Waals surface area (Å²) in [5, 5.41) is 44.7. The van der Waals surface area contributed by atoms with Gasteiger partial charge in [0.1, 0.15) is 58.3 Å². The van der Waals surface area contributed by atoms with Crippen LogP contribution >= 0.6 is 11.6 Å². The first-order chi connectivity index (χ1) is 33.4. The van der Waals surface area contributed by atoms with E-state index in [0.29, 0.717) is 0 Å². The zero-order chi connectivity index (χ0) is 53.4. The number of allylic oxidation sites excluding steroid dienone is 1. The van der Waals surface area contributed by atoms with Crippen molar-refractivity contribution < 1.29 is 81.7 Å². The fourth-order valence-corrected chi connectivity index (χ4v) is 4.47. The second-order valence-corrected chi connectivity index (χ2v) is 12.5. The highest BCUT2D eigenvalue weighted by Crippen LogP contribution is 2.26. The van der Waals surface area contributed by atoms with Crippen LogP contribution in [-0.4, -0.2) is 99.1 Å². The summed E-state index contributed by atoms with van der Waals surface area (Å²) in [6, 6.07) is 23.7. The van der Waals surface area contributed by atoms with Gasteiger partial charge >= 0.3 is 18.1 Å². The number of hydrogen-bond acceptors (Lipinski definition) is 15. The number of carbonyl (C=O) groups is 3. The SMILES string of the molecule is C.C.C.CC(=O)O.CCC=CN(C)C.CCOC(=O)c1conc1-c1ccccc1F.O/N=C(\Cl)c1ccccc1F.O/N=C/c1ccccc1F.O=C(O)c1conc1-c1ccccc1F.O=C=O.[2H]CF. The van der Waals surface area contributed by atoms with Gasteiger partial charge in [0.15, 0.2) is 5.17 Å². The summed E-state index contributed by atoms with van der Waals surface area (Å²) in [5.41, 5.74) is 0.828. The number of ether oxygens (including phenoxy) is 1. The molecule has 4 N–H and O–H groups in total. The fourth-order valence-electron chi connectivity index (χ4n) is 4.31. The molecule has 0 fully saturated rings.